The smallest absolute Gasteiger partial charge is 0.0521 e. The molecular weight excluding hydrogens is 186 g/mol. The van der Waals surface area contributed by atoms with Crippen LogP contribution in [-0.2, 0) is 6.42 Å². The van der Waals surface area contributed by atoms with E-state index in [0.717, 1.165) is 5.92 Å². The topological polar surface area (TPSA) is 29.9 Å². The number of rotatable bonds is 3. The zero-order valence-corrected chi connectivity index (χ0v) is 9.15. The number of nitrogens with zero attached hydrogens (tertiary/aromatic N) is 2. The number of hydrogen-bond donors (Lipinski definition) is 1. The van der Waals surface area contributed by atoms with Gasteiger partial charge in [0.15, 0.2) is 0 Å². The predicted molar refractivity (Wildman–Crippen MR) is 59.8 cm³/mol. The highest BCUT2D eigenvalue weighted by molar-refractivity contribution is 5.07. The van der Waals surface area contributed by atoms with Crippen LogP contribution in [0.25, 0.3) is 0 Å². The minimum atomic E-state index is 0.709. The third-order valence-corrected chi connectivity index (χ3v) is 3.79. The molecule has 1 aliphatic carbocycles. The molecule has 2 heterocycles. The highest BCUT2D eigenvalue weighted by Gasteiger charge is 2.21. The SMILES string of the molecule is c1nn(C2CCC2)cc1CC1CCNC1. The lowest BCUT2D eigenvalue weighted by molar-refractivity contribution is 0.289. The highest BCUT2D eigenvalue weighted by Crippen LogP contribution is 2.31. The molecule has 0 radical (unpaired) electrons. The Balaban J connectivity index is 1.62. The van der Waals surface area contributed by atoms with E-state index in [-0.39, 0.29) is 0 Å². The van der Waals surface area contributed by atoms with E-state index in [9.17, 15) is 0 Å². The number of hydrogen-bond acceptors (Lipinski definition) is 2. The molecule has 1 saturated heterocycles. The summed E-state index contributed by atoms with van der Waals surface area (Å²) < 4.78 is 2.18. The van der Waals surface area contributed by atoms with Gasteiger partial charge in [0.05, 0.1) is 12.2 Å². The van der Waals surface area contributed by atoms with E-state index in [4.69, 9.17) is 0 Å². The zero-order valence-electron chi connectivity index (χ0n) is 9.15. The molecule has 82 valence electrons. The monoisotopic (exact) mass is 205 g/mol. The first kappa shape index (κ1) is 9.40. The van der Waals surface area contributed by atoms with Gasteiger partial charge in [0.25, 0.3) is 0 Å². The lowest BCUT2D eigenvalue weighted by atomic mass is 9.93. The van der Waals surface area contributed by atoms with Crippen LogP contribution in [0.3, 0.4) is 0 Å². The fourth-order valence-corrected chi connectivity index (χ4v) is 2.56. The summed E-state index contributed by atoms with van der Waals surface area (Å²) in [5.41, 5.74) is 1.43. The molecule has 2 fully saturated rings. The fourth-order valence-electron chi connectivity index (χ4n) is 2.56. The van der Waals surface area contributed by atoms with Gasteiger partial charge < -0.3 is 5.32 Å². The molecule has 3 heteroatoms. The van der Waals surface area contributed by atoms with Crippen molar-refractivity contribution in [1.29, 1.82) is 0 Å². The molecule has 1 saturated carbocycles. The van der Waals surface area contributed by atoms with Gasteiger partial charge in [-0.05, 0) is 56.7 Å². The minimum Gasteiger partial charge on any atom is -0.316 e. The predicted octanol–water partition coefficient (Wildman–Crippen LogP) is 1.76. The second-order valence-corrected chi connectivity index (χ2v) is 4.98. The van der Waals surface area contributed by atoms with Crippen molar-refractivity contribution in [1.82, 2.24) is 15.1 Å². The van der Waals surface area contributed by atoms with Gasteiger partial charge in [-0.3, -0.25) is 4.68 Å². The van der Waals surface area contributed by atoms with Gasteiger partial charge in [-0.15, -0.1) is 0 Å². The van der Waals surface area contributed by atoms with Crippen LogP contribution in [0.5, 0.6) is 0 Å². The van der Waals surface area contributed by atoms with E-state index in [1.165, 1.54) is 50.8 Å². The molecule has 2 aliphatic rings. The molecule has 1 atom stereocenters. The quantitative estimate of drug-likeness (QED) is 0.815. The summed E-state index contributed by atoms with van der Waals surface area (Å²) in [7, 11) is 0. The Labute approximate surface area is 90.9 Å². The molecular formula is C12H19N3. The van der Waals surface area contributed by atoms with E-state index < -0.39 is 0 Å². The molecule has 15 heavy (non-hydrogen) atoms. The van der Waals surface area contributed by atoms with Gasteiger partial charge in [0.2, 0.25) is 0 Å². The average molecular weight is 205 g/mol. The first-order valence-electron chi connectivity index (χ1n) is 6.15. The van der Waals surface area contributed by atoms with Gasteiger partial charge in [-0.1, -0.05) is 0 Å². The molecule has 3 nitrogen and oxygen atoms in total. The zero-order chi connectivity index (χ0) is 10.1. The van der Waals surface area contributed by atoms with Crippen LogP contribution in [0.1, 0.15) is 37.3 Å². The van der Waals surface area contributed by atoms with Gasteiger partial charge in [0, 0.05) is 6.20 Å². The van der Waals surface area contributed by atoms with E-state index in [2.05, 4.69) is 27.5 Å². The van der Waals surface area contributed by atoms with E-state index >= 15 is 0 Å². The van der Waals surface area contributed by atoms with Crippen LogP contribution in [0.4, 0.5) is 0 Å². The Kier molecular flexibility index (Phi) is 2.49. The summed E-state index contributed by atoms with van der Waals surface area (Å²) in [6.45, 7) is 2.38. The molecule has 1 aliphatic heterocycles. The van der Waals surface area contributed by atoms with Crippen molar-refractivity contribution in [2.75, 3.05) is 13.1 Å². The van der Waals surface area contributed by atoms with Crippen LogP contribution >= 0.6 is 0 Å². The Bertz CT molecular complexity index is 321. The van der Waals surface area contributed by atoms with Crippen molar-refractivity contribution in [3.8, 4) is 0 Å². The summed E-state index contributed by atoms with van der Waals surface area (Å²) in [6.07, 6.45) is 10.9. The summed E-state index contributed by atoms with van der Waals surface area (Å²) in [6, 6.07) is 0.709. The van der Waals surface area contributed by atoms with Crippen LogP contribution in [0.2, 0.25) is 0 Å². The summed E-state index contributed by atoms with van der Waals surface area (Å²) in [5.74, 6) is 0.837. The van der Waals surface area contributed by atoms with Crippen molar-refractivity contribution in [3.05, 3.63) is 18.0 Å². The number of aromatic nitrogens is 2. The maximum absolute atomic E-state index is 4.48. The largest absolute Gasteiger partial charge is 0.316 e. The van der Waals surface area contributed by atoms with Crippen LogP contribution < -0.4 is 5.32 Å². The molecule has 1 aromatic heterocycles. The van der Waals surface area contributed by atoms with Crippen LogP contribution in [0, 0.1) is 5.92 Å². The molecule has 0 amide bonds. The molecule has 1 aromatic rings. The first-order chi connectivity index (χ1) is 7.42. The molecule has 1 unspecified atom stereocenters. The van der Waals surface area contributed by atoms with Crippen LogP contribution in [0.15, 0.2) is 12.4 Å². The first-order valence-corrected chi connectivity index (χ1v) is 6.15. The van der Waals surface area contributed by atoms with Crippen LogP contribution in [-0.4, -0.2) is 22.9 Å². The Morgan fingerprint density at radius 3 is 3.00 bits per heavy atom. The second kappa shape index (κ2) is 3.97. The van der Waals surface area contributed by atoms with Crippen molar-refractivity contribution in [2.24, 2.45) is 5.92 Å². The van der Waals surface area contributed by atoms with Crippen molar-refractivity contribution >= 4 is 0 Å². The van der Waals surface area contributed by atoms with Gasteiger partial charge in [-0.25, -0.2) is 0 Å². The fraction of sp³-hybridized carbons (Fsp3) is 0.750. The maximum Gasteiger partial charge on any atom is 0.0521 e. The third-order valence-electron chi connectivity index (χ3n) is 3.79. The van der Waals surface area contributed by atoms with Gasteiger partial charge in [-0.2, -0.15) is 5.10 Å². The normalized spacial score (nSPS) is 26.8. The molecule has 0 spiro atoms. The van der Waals surface area contributed by atoms with E-state index in [0.29, 0.717) is 6.04 Å². The standard InChI is InChI=1S/C12H19N3/c1-2-12(3-1)15-9-11(8-14-15)6-10-4-5-13-7-10/h8-10,12-13H,1-7H2. The molecule has 3 rings (SSSR count). The van der Waals surface area contributed by atoms with Gasteiger partial charge in [0.1, 0.15) is 0 Å². The molecule has 0 bridgehead atoms. The molecule has 1 N–H and O–H groups in total. The number of nitrogens with one attached hydrogen (secondary N) is 1. The Hall–Kier alpha value is -0.830. The lowest BCUT2D eigenvalue weighted by Gasteiger charge is -2.25. The maximum atomic E-state index is 4.48. The van der Waals surface area contributed by atoms with Crippen molar-refractivity contribution < 1.29 is 0 Å². The average Bonchev–Trinajstić information content (AvgIpc) is 2.75. The Morgan fingerprint density at radius 1 is 1.40 bits per heavy atom. The third kappa shape index (κ3) is 1.93. The summed E-state index contributed by atoms with van der Waals surface area (Å²) in [5, 5.41) is 7.89. The second-order valence-electron chi connectivity index (χ2n) is 4.98. The summed E-state index contributed by atoms with van der Waals surface area (Å²) >= 11 is 0. The highest BCUT2D eigenvalue weighted by atomic mass is 15.3. The lowest BCUT2D eigenvalue weighted by Crippen LogP contribution is -2.17. The van der Waals surface area contributed by atoms with Crippen molar-refractivity contribution in [3.63, 3.8) is 0 Å². The molecule has 0 aromatic carbocycles. The van der Waals surface area contributed by atoms with Gasteiger partial charge >= 0.3 is 0 Å². The van der Waals surface area contributed by atoms with E-state index in [1.807, 2.05) is 0 Å². The summed E-state index contributed by atoms with van der Waals surface area (Å²) in [4.78, 5) is 0. The van der Waals surface area contributed by atoms with Crippen molar-refractivity contribution in [2.45, 2.75) is 38.1 Å². The minimum absolute atomic E-state index is 0.709. The van der Waals surface area contributed by atoms with E-state index in [1.54, 1.807) is 0 Å². The Morgan fingerprint density at radius 2 is 2.33 bits per heavy atom.